The van der Waals surface area contributed by atoms with Gasteiger partial charge in [-0.15, -0.1) is 0 Å². The van der Waals surface area contributed by atoms with Crippen molar-refractivity contribution in [1.82, 2.24) is 9.47 Å². The van der Waals surface area contributed by atoms with Crippen molar-refractivity contribution in [3.8, 4) is 5.75 Å². The molecule has 26 heavy (non-hydrogen) atoms. The number of hydrogen-bond acceptors (Lipinski definition) is 4. The normalized spacial score (nSPS) is 19.6. The van der Waals surface area contributed by atoms with Crippen LogP contribution in [0.4, 0.5) is 0 Å². The van der Waals surface area contributed by atoms with Crippen LogP contribution < -0.4 is 16.0 Å². The highest BCUT2D eigenvalue weighted by atomic mass is 16.5. The number of methoxy groups -OCH3 is 1. The third-order valence-electron chi connectivity index (χ3n) is 5.08. The van der Waals surface area contributed by atoms with Gasteiger partial charge in [0.15, 0.2) is 0 Å². The summed E-state index contributed by atoms with van der Waals surface area (Å²) in [5.74, 6) is 0.953. The lowest BCUT2D eigenvalue weighted by molar-refractivity contribution is -0.130. The fourth-order valence-corrected chi connectivity index (χ4v) is 3.51. The second-order valence-electron chi connectivity index (χ2n) is 6.75. The molecule has 0 saturated carbocycles. The number of hydrogen-bond donors (Lipinski definition) is 1. The van der Waals surface area contributed by atoms with Crippen molar-refractivity contribution < 1.29 is 9.53 Å². The van der Waals surface area contributed by atoms with E-state index in [0.29, 0.717) is 26.1 Å². The molecule has 0 spiro atoms. The minimum absolute atomic E-state index is 0.0339. The molecule has 0 bridgehead atoms. The lowest BCUT2D eigenvalue weighted by atomic mass is 9.95. The van der Waals surface area contributed by atoms with Gasteiger partial charge >= 0.3 is 0 Å². The summed E-state index contributed by atoms with van der Waals surface area (Å²) < 4.78 is 6.82. The molecule has 0 unspecified atom stereocenters. The van der Waals surface area contributed by atoms with E-state index in [2.05, 4.69) is 0 Å². The molecule has 0 radical (unpaired) electrons. The predicted octanol–water partition coefficient (Wildman–Crippen LogP) is 1.51. The molecule has 0 aliphatic carbocycles. The number of pyridine rings is 1. The SMILES string of the molecule is COc1ccc([C@H]2CN(C(=O)CCn3c(C)cccc3=O)C[C@@H]2N)cc1. The van der Waals surface area contributed by atoms with Gasteiger partial charge in [0.05, 0.1) is 7.11 Å². The molecule has 2 N–H and O–H groups in total. The van der Waals surface area contributed by atoms with Crippen molar-refractivity contribution in [2.24, 2.45) is 5.73 Å². The van der Waals surface area contributed by atoms with Crippen LogP contribution in [0, 0.1) is 6.92 Å². The van der Waals surface area contributed by atoms with Gasteiger partial charge in [-0.25, -0.2) is 0 Å². The maximum Gasteiger partial charge on any atom is 0.250 e. The standard InChI is InChI=1S/C20H25N3O3/c1-14-4-3-5-20(25)23(14)11-10-19(24)22-12-17(18(21)13-22)15-6-8-16(26-2)9-7-15/h3-9,17-18H,10-13,21H2,1-2H3/t17-,18+/m1/s1. The lowest BCUT2D eigenvalue weighted by Gasteiger charge is -2.17. The van der Waals surface area contributed by atoms with E-state index in [1.807, 2.05) is 42.2 Å². The summed E-state index contributed by atoms with van der Waals surface area (Å²) in [4.78, 5) is 26.3. The number of ether oxygens (including phenoxy) is 1. The Morgan fingerprint density at radius 2 is 1.92 bits per heavy atom. The second kappa shape index (κ2) is 7.74. The van der Waals surface area contributed by atoms with Gasteiger partial charge in [0.2, 0.25) is 5.91 Å². The molecule has 2 heterocycles. The van der Waals surface area contributed by atoms with Crippen molar-refractivity contribution in [2.75, 3.05) is 20.2 Å². The van der Waals surface area contributed by atoms with Gasteiger partial charge in [-0.2, -0.15) is 0 Å². The first-order valence-electron chi connectivity index (χ1n) is 8.83. The summed E-state index contributed by atoms with van der Waals surface area (Å²) in [6, 6.07) is 12.9. The maximum absolute atomic E-state index is 12.6. The third kappa shape index (κ3) is 3.80. The van der Waals surface area contributed by atoms with Gasteiger partial charge in [-0.05, 0) is 30.7 Å². The van der Waals surface area contributed by atoms with Gasteiger partial charge in [-0.1, -0.05) is 18.2 Å². The summed E-state index contributed by atoms with van der Waals surface area (Å²) >= 11 is 0. The third-order valence-corrected chi connectivity index (χ3v) is 5.08. The lowest BCUT2D eigenvalue weighted by Crippen LogP contribution is -2.33. The van der Waals surface area contributed by atoms with Crippen molar-refractivity contribution in [3.05, 3.63) is 64.1 Å². The number of likely N-dealkylation sites (tertiary alicyclic amines) is 1. The van der Waals surface area contributed by atoms with E-state index >= 15 is 0 Å². The highest BCUT2D eigenvalue weighted by molar-refractivity contribution is 5.76. The Hall–Kier alpha value is -2.60. The first kappa shape index (κ1) is 18.2. The summed E-state index contributed by atoms with van der Waals surface area (Å²) in [7, 11) is 1.64. The van der Waals surface area contributed by atoms with E-state index < -0.39 is 0 Å². The molecule has 138 valence electrons. The molecular formula is C20H25N3O3. The fourth-order valence-electron chi connectivity index (χ4n) is 3.51. The van der Waals surface area contributed by atoms with Crippen LogP contribution in [-0.4, -0.2) is 41.6 Å². The Balaban J connectivity index is 1.63. The van der Waals surface area contributed by atoms with E-state index in [4.69, 9.17) is 10.5 Å². The van der Waals surface area contributed by atoms with Crippen LogP contribution in [0.1, 0.15) is 23.6 Å². The molecule has 2 aromatic rings. The Labute approximate surface area is 153 Å². The Bertz CT molecular complexity index is 829. The quantitative estimate of drug-likeness (QED) is 0.882. The molecule has 6 nitrogen and oxygen atoms in total. The van der Waals surface area contributed by atoms with E-state index in [1.54, 1.807) is 17.7 Å². The van der Waals surface area contributed by atoms with E-state index in [1.165, 1.54) is 6.07 Å². The molecule has 2 atom stereocenters. The molecule has 1 amide bonds. The van der Waals surface area contributed by atoms with Gasteiger partial charge in [-0.3, -0.25) is 9.59 Å². The number of rotatable bonds is 5. The van der Waals surface area contributed by atoms with Crippen molar-refractivity contribution in [3.63, 3.8) is 0 Å². The van der Waals surface area contributed by atoms with Crippen LogP contribution in [0.3, 0.4) is 0 Å². The number of carbonyl (C=O) groups is 1. The number of nitrogens with two attached hydrogens (primary N) is 1. The Kier molecular flexibility index (Phi) is 5.42. The average molecular weight is 355 g/mol. The number of aromatic nitrogens is 1. The zero-order valence-electron chi connectivity index (χ0n) is 15.2. The molecule has 1 aromatic carbocycles. The number of nitrogens with zero attached hydrogens (tertiary/aromatic N) is 2. The van der Waals surface area contributed by atoms with Gasteiger partial charge in [0.1, 0.15) is 5.75 Å². The first-order valence-corrected chi connectivity index (χ1v) is 8.83. The summed E-state index contributed by atoms with van der Waals surface area (Å²) in [5.41, 5.74) is 8.18. The zero-order valence-corrected chi connectivity index (χ0v) is 15.2. The average Bonchev–Trinajstić information content (AvgIpc) is 3.03. The smallest absolute Gasteiger partial charge is 0.250 e. The van der Waals surface area contributed by atoms with Crippen LogP contribution in [-0.2, 0) is 11.3 Å². The van der Waals surface area contributed by atoms with E-state index in [9.17, 15) is 9.59 Å². The van der Waals surface area contributed by atoms with Crippen molar-refractivity contribution in [1.29, 1.82) is 0 Å². The van der Waals surface area contributed by atoms with Crippen LogP contribution >= 0.6 is 0 Å². The number of carbonyl (C=O) groups excluding carboxylic acids is 1. The second-order valence-corrected chi connectivity index (χ2v) is 6.75. The fraction of sp³-hybridized carbons (Fsp3) is 0.400. The number of amides is 1. The van der Waals surface area contributed by atoms with Crippen LogP contribution in [0.2, 0.25) is 0 Å². The molecule has 3 rings (SSSR count). The monoisotopic (exact) mass is 355 g/mol. The maximum atomic E-state index is 12.6. The Morgan fingerprint density at radius 1 is 1.19 bits per heavy atom. The van der Waals surface area contributed by atoms with Gasteiger partial charge in [0, 0.05) is 49.8 Å². The van der Waals surface area contributed by atoms with Crippen LogP contribution in [0.25, 0.3) is 0 Å². The minimum Gasteiger partial charge on any atom is -0.497 e. The Morgan fingerprint density at radius 3 is 2.58 bits per heavy atom. The molecule has 1 aliphatic rings. The number of aryl methyl sites for hydroxylation is 1. The van der Waals surface area contributed by atoms with Crippen molar-refractivity contribution in [2.45, 2.75) is 31.8 Å². The molecule has 1 aromatic heterocycles. The molecule has 1 fully saturated rings. The minimum atomic E-state index is -0.0893. The molecule has 6 heteroatoms. The van der Waals surface area contributed by atoms with Gasteiger partial charge in [0.25, 0.3) is 5.56 Å². The first-order chi connectivity index (χ1) is 12.5. The molecule has 1 aliphatic heterocycles. The van der Waals surface area contributed by atoms with Crippen LogP contribution in [0.5, 0.6) is 5.75 Å². The summed E-state index contributed by atoms with van der Waals surface area (Å²) in [6.07, 6.45) is 0.298. The summed E-state index contributed by atoms with van der Waals surface area (Å²) in [6.45, 7) is 3.41. The molecule has 1 saturated heterocycles. The summed E-state index contributed by atoms with van der Waals surface area (Å²) in [5, 5.41) is 0. The van der Waals surface area contributed by atoms with E-state index in [0.717, 1.165) is 17.0 Å². The largest absolute Gasteiger partial charge is 0.497 e. The predicted molar refractivity (Wildman–Crippen MR) is 100 cm³/mol. The van der Waals surface area contributed by atoms with E-state index in [-0.39, 0.29) is 23.4 Å². The van der Waals surface area contributed by atoms with Crippen LogP contribution in [0.15, 0.2) is 47.3 Å². The highest BCUT2D eigenvalue weighted by Crippen LogP contribution is 2.28. The number of benzene rings is 1. The zero-order chi connectivity index (χ0) is 18.7. The topological polar surface area (TPSA) is 77.6 Å². The van der Waals surface area contributed by atoms with Crippen molar-refractivity contribution >= 4 is 5.91 Å². The highest BCUT2D eigenvalue weighted by Gasteiger charge is 2.33. The van der Waals surface area contributed by atoms with Gasteiger partial charge < -0.3 is 19.9 Å². The molecular weight excluding hydrogens is 330 g/mol.